The van der Waals surface area contributed by atoms with E-state index >= 15 is 0 Å². The minimum atomic E-state index is -4.59. The average molecular weight is 872 g/mol. The first-order valence-corrected chi connectivity index (χ1v) is 21.3. The Hall–Kier alpha value is -4.28. The minimum Gasteiger partial charge on any atom is -0.394 e. The fourth-order valence-electron chi connectivity index (χ4n) is 8.23. The molecule has 3 heterocycles. The Labute approximate surface area is 349 Å². The van der Waals surface area contributed by atoms with Gasteiger partial charge in [0.15, 0.2) is 16.1 Å². The van der Waals surface area contributed by atoms with Gasteiger partial charge in [-0.1, -0.05) is 54.6 Å². The number of carbonyl (C=O) groups is 1. The van der Waals surface area contributed by atoms with E-state index in [4.69, 9.17) is 14.2 Å². The monoisotopic (exact) mass is 871 g/mol. The van der Waals surface area contributed by atoms with Crippen LogP contribution in [0.4, 0.5) is 14.5 Å². The van der Waals surface area contributed by atoms with E-state index in [-0.39, 0.29) is 29.0 Å². The minimum absolute atomic E-state index is 0.0366. The summed E-state index contributed by atoms with van der Waals surface area (Å²) in [7, 11) is -4.59. The van der Waals surface area contributed by atoms with E-state index in [1.807, 2.05) is 0 Å². The first-order chi connectivity index (χ1) is 29.1. The number of rotatable bonds is 14. The number of sulfone groups is 1. The van der Waals surface area contributed by atoms with Crippen molar-refractivity contribution in [2.24, 2.45) is 5.92 Å². The topological polar surface area (TPSA) is 244 Å². The Bertz CT molecular complexity index is 2230. The van der Waals surface area contributed by atoms with Gasteiger partial charge in [0.1, 0.15) is 66.6 Å². The van der Waals surface area contributed by atoms with Crippen LogP contribution in [0, 0.1) is 17.6 Å². The fraction of sp³-hybridized carbons (Fsp3) is 0.419. The van der Waals surface area contributed by atoms with E-state index in [2.05, 4.69) is 0 Å². The van der Waals surface area contributed by atoms with Crippen molar-refractivity contribution < 1.29 is 77.1 Å². The molecule has 3 aliphatic heterocycles. The van der Waals surface area contributed by atoms with Gasteiger partial charge in [-0.15, -0.1) is 0 Å². The number of β-lactam (4-membered cyclic amide) rings is 1. The molecule has 18 heteroatoms. The van der Waals surface area contributed by atoms with E-state index in [0.29, 0.717) is 16.7 Å². The first-order valence-electron chi connectivity index (χ1n) is 19.7. The Morgan fingerprint density at radius 2 is 1.33 bits per heavy atom. The summed E-state index contributed by atoms with van der Waals surface area (Å²) in [4.78, 5) is 15.0. The van der Waals surface area contributed by atoms with Crippen LogP contribution in [0.2, 0.25) is 0 Å². The number of anilines is 1. The molecular formula is C43H47F2NO14S. The lowest BCUT2D eigenvalue weighted by Gasteiger charge is -2.48. The summed E-state index contributed by atoms with van der Waals surface area (Å²) >= 11 is 0. The van der Waals surface area contributed by atoms with E-state index in [9.17, 15) is 62.8 Å². The smallest absolute Gasteiger partial charge is 0.233 e. The van der Waals surface area contributed by atoms with Crippen LogP contribution in [0.1, 0.15) is 36.1 Å². The number of hydrogen-bond acceptors (Lipinski definition) is 14. The molecule has 328 valence electrons. The van der Waals surface area contributed by atoms with E-state index in [1.54, 1.807) is 42.5 Å². The Kier molecular flexibility index (Phi) is 13.6. The van der Waals surface area contributed by atoms with Crippen molar-refractivity contribution in [1.29, 1.82) is 0 Å². The van der Waals surface area contributed by atoms with E-state index in [1.165, 1.54) is 47.4 Å². The summed E-state index contributed by atoms with van der Waals surface area (Å²) < 4.78 is 74.2. The Morgan fingerprint density at radius 1 is 0.705 bits per heavy atom. The molecule has 13 atom stereocenters. The largest absolute Gasteiger partial charge is 0.394 e. The second kappa shape index (κ2) is 18.6. The van der Waals surface area contributed by atoms with E-state index < -0.39 is 126 Å². The first kappa shape index (κ1) is 44.8. The van der Waals surface area contributed by atoms with Gasteiger partial charge >= 0.3 is 0 Å². The second-order valence-electron chi connectivity index (χ2n) is 15.5. The number of amides is 1. The van der Waals surface area contributed by atoms with Gasteiger partial charge in [0, 0.05) is 5.69 Å². The molecule has 12 unspecified atom stereocenters. The molecule has 8 N–H and O–H groups in total. The SMILES string of the molecule is O=C1[C@H](CCC(O)c2ccc(F)cc2)C(c2ccc(-c3ccccc3)cc2S(=O)(=O)CC2OC(CO)C(OC3OC(CO)C(O)C(O)C3O)C(O)C2O)N1c1ccc(F)cc1. The fourth-order valence-corrected chi connectivity index (χ4v) is 9.98. The van der Waals surface area contributed by atoms with Gasteiger partial charge in [-0.2, -0.15) is 0 Å². The molecule has 0 saturated carbocycles. The van der Waals surface area contributed by atoms with Gasteiger partial charge < -0.3 is 60.0 Å². The van der Waals surface area contributed by atoms with Gasteiger partial charge in [0.05, 0.1) is 41.9 Å². The molecule has 0 radical (unpaired) electrons. The molecule has 61 heavy (non-hydrogen) atoms. The summed E-state index contributed by atoms with van der Waals surface area (Å²) in [5.74, 6) is -3.36. The number of nitrogens with zero attached hydrogens (tertiary/aromatic N) is 1. The predicted molar refractivity (Wildman–Crippen MR) is 211 cm³/mol. The van der Waals surface area contributed by atoms with Crippen molar-refractivity contribution >= 4 is 21.4 Å². The summed E-state index contributed by atoms with van der Waals surface area (Å²) in [5.41, 5.74) is 1.94. The maximum absolute atomic E-state index is 14.8. The third kappa shape index (κ3) is 9.13. The highest BCUT2D eigenvalue weighted by Gasteiger charge is 2.53. The molecule has 0 bridgehead atoms. The summed E-state index contributed by atoms with van der Waals surface area (Å²) in [6, 6.07) is 22.8. The molecule has 0 spiro atoms. The van der Waals surface area contributed by atoms with Gasteiger partial charge in [-0.05, 0) is 77.6 Å². The highest BCUT2D eigenvalue weighted by molar-refractivity contribution is 7.91. The number of halogens is 2. The summed E-state index contributed by atoms with van der Waals surface area (Å²) in [6.45, 7) is -1.68. The molecule has 1 amide bonds. The van der Waals surface area contributed by atoms with Crippen molar-refractivity contribution in [2.75, 3.05) is 23.9 Å². The zero-order chi connectivity index (χ0) is 43.7. The number of carbonyl (C=O) groups excluding carboxylic acids is 1. The standard InChI is InChI=1S/C43H47F2NO14S/c44-25-9-6-23(7-10-25)30(49)17-16-29-35(46(42(29)55)27-13-11-26(45)12-14-27)28-15-8-24(22-4-2-1-3-5-22)18-34(28)61(56,57)21-33-37(51)39(53)41(32(20-48)58-33)60-43-40(54)38(52)36(50)31(19-47)59-43/h1-15,18,29-33,35-41,43,47-54H,16-17,19-21H2/t29-,30?,31?,32?,33?,35?,36?,37?,38?,39?,40?,41?,43?/m1/s1. The van der Waals surface area contributed by atoms with E-state index in [0.717, 1.165) is 12.1 Å². The molecule has 4 aromatic carbocycles. The zero-order valence-corrected chi connectivity index (χ0v) is 33.2. The lowest BCUT2D eigenvalue weighted by molar-refractivity contribution is -0.341. The van der Waals surface area contributed by atoms with Crippen molar-refractivity contribution in [3.05, 3.63) is 120 Å². The Balaban J connectivity index is 1.21. The summed E-state index contributed by atoms with van der Waals surface area (Å²) in [6.07, 6.45) is -18.5. The molecule has 4 aromatic rings. The molecule has 3 fully saturated rings. The predicted octanol–water partition coefficient (Wildman–Crippen LogP) is 1.29. The molecule has 15 nitrogen and oxygen atoms in total. The Morgan fingerprint density at radius 3 is 1.97 bits per heavy atom. The van der Waals surface area contributed by atoms with Crippen molar-refractivity contribution in [3.8, 4) is 11.1 Å². The van der Waals surface area contributed by atoms with Crippen LogP contribution in [-0.4, -0.2) is 135 Å². The van der Waals surface area contributed by atoms with Gasteiger partial charge in [-0.25, -0.2) is 17.2 Å². The number of ether oxygens (including phenoxy) is 3. The average Bonchev–Trinajstić information content (AvgIpc) is 3.26. The lowest BCUT2D eigenvalue weighted by Crippen LogP contribution is -2.65. The molecule has 0 aliphatic carbocycles. The molecule has 0 aromatic heterocycles. The second-order valence-corrected chi connectivity index (χ2v) is 17.5. The van der Waals surface area contributed by atoms with Crippen LogP contribution in [0.3, 0.4) is 0 Å². The van der Waals surface area contributed by atoms with Crippen LogP contribution < -0.4 is 4.90 Å². The van der Waals surface area contributed by atoms with Crippen LogP contribution in [-0.2, 0) is 28.8 Å². The maximum atomic E-state index is 14.8. The molecule has 3 aliphatic rings. The van der Waals surface area contributed by atoms with Crippen LogP contribution in [0.5, 0.6) is 0 Å². The highest BCUT2D eigenvalue weighted by Crippen LogP contribution is 2.49. The number of hydrogen-bond donors (Lipinski definition) is 8. The zero-order valence-electron chi connectivity index (χ0n) is 32.4. The third-order valence-electron chi connectivity index (χ3n) is 11.6. The van der Waals surface area contributed by atoms with Crippen molar-refractivity contribution in [1.82, 2.24) is 0 Å². The number of aliphatic hydroxyl groups is 8. The van der Waals surface area contributed by atoms with Crippen LogP contribution in [0.15, 0.2) is 102 Å². The van der Waals surface area contributed by atoms with Gasteiger partial charge in [0.2, 0.25) is 5.91 Å². The quantitative estimate of drug-likeness (QED) is 0.0834. The lowest BCUT2D eigenvalue weighted by atomic mass is 9.78. The third-order valence-corrected chi connectivity index (χ3v) is 13.4. The maximum Gasteiger partial charge on any atom is 0.233 e. The number of benzene rings is 4. The van der Waals surface area contributed by atoms with Crippen LogP contribution in [0.25, 0.3) is 11.1 Å². The summed E-state index contributed by atoms with van der Waals surface area (Å²) in [5, 5.41) is 84.5. The molecule has 7 rings (SSSR count). The van der Waals surface area contributed by atoms with Crippen molar-refractivity contribution in [3.63, 3.8) is 0 Å². The van der Waals surface area contributed by atoms with Crippen LogP contribution >= 0.6 is 0 Å². The van der Waals surface area contributed by atoms with Gasteiger partial charge in [0.25, 0.3) is 0 Å². The molecular weight excluding hydrogens is 825 g/mol. The van der Waals surface area contributed by atoms with Gasteiger partial charge in [-0.3, -0.25) is 4.79 Å². The highest BCUT2D eigenvalue weighted by atomic mass is 32.2. The number of aliphatic hydroxyl groups excluding tert-OH is 8. The van der Waals surface area contributed by atoms with Crippen molar-refractivity contribution in [2.45, 2.75) is 91.1 Å². The molecule has 3 saturated heterocycles. The normalized spacial score (nSPS) is 31.1.